The number of anilines is 1. The summed E-state index contributed by atoms with van der Waals surface area (Å²) in [5.74, 6) is 0.0676. The molecular formula is C12H9N7O. The van der Waals surface area contributed by atoms with E-state index in [-0.39, 0.29) is 11.5 Å². The van der Waals surface area contributed by atoms with E-state index in [0.717, 1.165) is 0 Å². The van der Waals surface area contributed by atoms with Crippen molar-refractivity contribution in [3.8, 4) is 0 Å². The van der Waals surface area contributed by atoms with E-state index >= 15 is 0 Å². The first kappa shape index (κ1) is 11.9. The minimum absolute atomic E-state index is 0.214. The maximum absolute atomic E-state index is 11.8. The Balaban J connectivity index is 1.94. The largest absolute Gasteiger partial charge is 0.383 e. The summed E-state index contributed by atoms with van der Waals surface area (Å²) in [4.78, 5) is 26.6. The lowest BCUT2D eigenvalue weighted by Crippen LogP contribution is -1.96. The van der Waals surface area contributed by atoms with Crippen LogP contribution in [0.1, 0.15) is 10.5 Å². The summed E-state index contributed by atoms with van der Waals surface area (Å²) in [6.45, 7) is 0. The van der Waals surface area contributed by atoms with E-state index in [9.17, 15) is 4.79 Å². The van der Waals surface area contributed by atoms with Gasteiger partial charge in [-0.3, -0.25) is 9.78 Å². The van der Waals surface area contributed by atoms with Gasteiger partial charge in [0.15, 0.2) is 5.82 Å². The van der Waals surface area contributed by atoms with Crippen molar-refractivity contribution in [2.45, 2.75) is 0 Å². The molecule has 3 heterocycles. The molecule has 0 aliphatic heterocycles. The lowest BCUT2D eigenvalue weighted by atomic mass is 10.3. The summed E-state index contributed by atoms with van der Waals surface area (Å²) in [7, 11) is 0. The van der Waals surface area contributed by atoms with Gasteiger partial charge in [0.25, 0.3) is 0 Å². The number of H-pyrrole nitrogens is 1. The van der Waals surface area contributed by atoms with Gasteiger partial charge in [-0.25, -0.2) is 9.97 Å². The summed E-state index contributed by atoms with van der Waals surface area (Å²) in [6, 6.07) is 4.97. The first-order valence-electron chi connectivity index (χ1n) is 5.71. The molecule has 0 bridgehead atoms. The molecule has 3 aromatic heterocycles. The Kier molecular flexibility index (Phi) is 2.88. The lowest BCUT2D eigenvalue weighted by molar-refractivity contribution is 0.0990. The van der Waals surface area contributed by atoms with Crippen molar-refractivity contribution < 1.29 is 4.79 Å². The molecule has 0 aliphatic rings. The van der Waals surface area contributed by atoms with E-state index in [4.69, 9.17) is 5.73 Å². The van der Waals surface area contributed by atoms with E-state index in [2.05, 4.69) is 30.2 Å². The fourth-order valence-electron chi connectivity index (χ4n) is 1.66. The second kappa shape index (κ2) is 4.84. The van der Waals surface area contributed by atoms with Crippen LogP contribution in [-0.4, -0.2) is 25.8 Å². The summed E-state index contributed by atoms with van der Waals surface area (Å²) < 4.78 is 0. The molecule has 0 atom stereocenters. The van der Waals surface area contributed by atoms with Crippen molar-refractivity contribution >= 4 is 28.6 Å². The Morgan fingerprint density at radius 3 is 2.65 bits per heavy atom. The first-order valence-corrected chi connectivity index (χ1v) is 5.71. The fourth-order valence-corrected chi connectivity index (χ4v) is 1.66. The van der Waals surface area contributed by atoms with Crippen LogP contribution in [0.4, 0.5) is 11.6 Å². The standard InChI is InChI=1S/C12H9N7O/c13-10-8-9(16-6-5-15-8)11(17-10)18-19-12(20)7-3-1-2-4-14-7/h1-6,17H,13H2. The van der Waals surface area contributed by atoms with Crippen molar-refractivity contribution in [2.24, 2.45) is 10.2 Å². The number of hydrogen-bond acceptors (Lipinski definition) is 6. The number of fused-ring (bicyclic) bond motifs is 1. The molecule has 0 unspecified atom stereocenters. The van der Waals surface area contributed by atoms with Crippen LogP contribution < -0.4 is 5.73 Å². The number of azo groups is 1. The number of pyridine rings is 1. The minimum atomic E-state index is -0.546. The van der Waals surface area contributed by atoms with Gasteiger partial charge in [-0.1, -0.05) is 6.07 Å². The molecule has 0 radical (unpaired) electrons. The summed E-state index contributed by atoms with van der Waals surface area (Å²) in [5, 5.41) is 7.43. The predicted octanol–water partition coefficient (Wildman–Crippen LogP) is 1.86. The van der Waals surface area contributed by atoms with E-state index < -0.39 is 5.91 Å². The van der Waals surface area contributed by atoms with Crippen LogP contribution in [0, 0.1) is 0 Å². The number of aromatic amines is 1. The number of amides is 1. The number of carbonyl (C=O) groups excluding carboxylic acids is 1. The zero-order chi connectivity index (χ0) is 13.9. The van der Waals surface area contributed by atoms with Gasteiger partial charge >= 0.3 is 5.91 Å². The SMILES string of the molecule is Nc1[nH]c(N=NC(=O)c2ccccn2)c2nccnc12. The van der Waals surface area contributed by atoms with E-state index in [1.165, 1.54) is 18.6 Å². The molecule has 8 heteroatoms. The number of nitrogens with one attached hydrogen (secondary N) is 1. The van der Waals surface area contributed by atoms with E-state index in [1.807, 2.05) is 0 Å². The highest BCUT2D eigenvalue weighted by Crippen LogP contribution is 2.26. The molecule has 0 saturated heterocycles. The van der Waals surface area contributed by atoms with E-state index in [0.29, 0.717) is 16.9 Å². The van der Waals surface area contributed by atoms with Gasteiger partial charge in [-0.15, -0.1) is 10.2 Å². The number of rotatable bonds is 2. The van der Waals surface area contributed by atoms with Crippen molar-refractivity contribution in [2.75, 3.05) is 5.73 Å². The molecule has 20 heavy (non-hydrogen) atoms. The highest BCUT2D eigenvalue weighted by molar-refractivity contribution is 5.95. The zero-order valence-electron chi connectivity index (χ0n) is 10.2. The van der Waals surface area contributed by atoms with Crippen LogP contribution in [0.2, 0.25) is 0 Å². The molecule has 0 aromatic carbocycles. The molecular weight excluding hydrogens is 258 g/mol. The van der Waals surface area contributed by atoms with E-state index in [1.54, 1.807) is 18.2 Å². The third kappa shape index (κ3) is 2.09. The molecule has 3 aromatic rings. The third-order valence-corrected chi connectivity index (χ3v) is 2.56. The smallest absolute Gasteiger partial charge is 0.313 e. The van der Waals surface area contributed by atoms with Crippen LogP contribution >= 0.6 is 0 Å². The van der Waals surface area contributed by atoms with Crippen LogP contribution in [-0.2, 0) is 0 Å². The molecule has 0 saturated carbocycles. The van der Waals surface area contributed by atoms with Gasteiger partial charge in [0.05, 0.1) is 0 Å². The number of aromatic nitrogens is 4. The number of carbonyl (C=O) groups is 1. The highest BCUT2D eigenvalue weighted by Gasteiger charge is 2.11. The molecule has 3 rings (SSSR count). The van der Waals surface area contributed by atoms with Crippen LogP contribution in [0.15, 0.2) is 47.0 Å². The number of hydrogen-bond donors (Lipinski definition) is 2. The number of nitrogens with zero attached hydrogens (tertiary/aromatic N) is 5. The first-order chi connectivity index (χ1) is 9.75. The maximum Gasteiger partial charge on any atom is 0.313 e. The highest BCUT2D eigenvalue weighted by atomic mass is 16.1. The molecule has 0 fully saturated rings. The number of nitrogen functional groups attached to an aromatic ring is 1. The Hall–Kier alpha value is -3.16. The maximum atomic E-state index is 11.8. The molecule has 0 spiro atoms. The Labute approximate surface area is 112 Å². The van der Waals surface area contributed by atoms with Crippen molar-refractivity contribution in [1.29, 1.82) is 0 Å². The predicted molar refractivity (Wildman–Crippen MR) is 71.4 cm³/mol. The van der Waals surface area contributed by atoms with Crippen LogP contribution in [0.3, 0.4) is 0 Å². The van der Waals surface area contributed by atoms with Gasteiger partial charge in [-0.2, -0.15) is 0 Å². The zero-order valence-corrected chi connectivity index (χ0v) is 10.2. The fraction of sp³-hybridized carbons (Fsp3) is 0. The molecule has 1 amide bonds. The topological polar surface area (TPSA) is 122 Å². The Morgan fingerprint density at radius 1 is 1.10 bits per heavy atom. The van der Waals surface area contributed by atoms with Gasteiger partial charge in [0, 0.05) is 18.6 Å². The quantitative estimate of drug-likeness (QED) is 0.686. The van der Waals surface area contributed by atoms with Gasteiger partial charge in [0.1, 0.15) is 22.5 Å². The average molecular weight is 267 g/mol. The van der Waals surface area contributed by atoms with Crippen molar-refractivity contribution in [3.05, 3.63) is 42.5 Å². The Morgan fingerprint density at radius 2 is 1.90 bits per heavy atom. The monoisotopic (exact) mass is 267 g/mol. The lowest BCUT2D eigenvalue weighted by Gasteiger charge is -1.91. The molecule has 3 N–H and O–H groups in total. The van der Waals surface area contributed by atoms with Gasteiger partial charge < -0.3 is 10.7 Å². The normalized spacial score (nSPS) is 11.2. The summed E-state index contributed by atoms with van der Waals surface area (Å²) >= 11 is 0. The summed E-state index contributed by atoms with van der Waals surface area (Å²) in [6.07, 6.45) is 4.54. The average Bonchev–Trinajstić information content (AvgIpc) is 2.83. The Bertz CT molecular complexity index is 794. The third-order valence-electron chi connectivity index (χ3n) is 2.56. The molecule has 0 aliphatic carbocycles. The van der Waals surface area contributed by atoms with Crippen LogP contribution in [0.5, 0.6) is 0 Å². The minimum Gasteiger partial charge on any atom is -0.383 e. The molecule has 98 valence electrons. The second-order valence-electron chi connectivity index (χ2n) is 3.86. The van der Waals surface area contributed by atoms with Crippen molar-refractivity contribution in [3.63, 3.8) is 0 Å². The van der Waals surface area contributed by atoms with Gasteiger partial charge in [0.2, 0.25) is 0 Å². The second-order valence-corrected chi connectivity index (χ2v) is 3.86. The number of nitrogens with two attached hydrogens (primary N) is 1. The van der Waals surface area contributed by atoms with Crippen molar-refractivity contribution in [1.82, 2.24) is 19.9 Å². The van der Waals surface area contributed by atoms with Gasteiger partial charge in [-0.05, 0) is 12.1 Å². The van der Waals surface area contributed by atoms with Crippen LogP contribution in [0.25, 0.3) is 11.0 Å². The molecule has 8 nitrogen and oxygen atoms in total. The summed E-state index contributed by atoms with van der Waals surface area (Å²) in [5.41, 5.74) is 6.90.